The summed E-state index contributed by atoms with van der Waals surface area (Å²) in [6.07, 6.45) is 1.88. The highest BCUT2D eigenvalue weighted by Crippen LogP contribution is 2.25. The van der Waals surface area contributed by atoms with E-state index in [1.54, 1.807) is 16.4 Å². The van der Waals surface area contributed by atoms with Crippen LogP contribution in [0, 0.1) is 19.8 Å². The molecule has 3 nitrogen and oxygen atoms in total. The van der Waals surface area contributed by atoms with Gasteiger partial charge in [-0.05, 0) is 55.9 Å². The lowest BCUT2D eigenvalue weighted by Gasteiger charge is -2.30. The molecule has 0 saturated carbocycles. The zero-order valence-electron chi connectivity index (χ0n) is 11.4. The number of hydrogen-bond donors (Lipinski definition) is 0. The molecule has 1 aromatic rings. The molecule has 5 heteroatoms. The van der Waals surface area contributed by atoms with Gasteiger partial charge >= 0.3 is 0 Å². The van der Waals surface area contributed by atoms with Gasteiger partial charge in [0.1, 0.15) is 0 Å². The molecule has 1 fully saturated rings. The molecule has 1 aliphatic heterocycles. The molecule has 0 aliphatic carbocycles. The second-order valence-electron chi connectivity index (χ2n) is 5.25. The van der Waals surface area contributed by atoms with Crippen molar-refractivity contribution in [1.29, 1.82) is 0 Å². The van der Waals surface area contributed by atoms with Gasteiger partial charge in [0.05, 0.1) is 4.90 Å². The lowest BCUT2D eigenvalue weighted by atomic mass is 10.0. The van der Waals surface area contributed by atoms with Gasteiger partial charge in [0, 0.05) is 18.4 Å². The molecule has 19 heavy (non-hydrogen) atoms. The topological polar surface area (TPSA) is 37.4 Å². The molecule has 0 aromatic heterocycles. The van der Waals surface area contributed by atoms with Crippen LogP contribution in [0.2, 0.25) is 0 Å². The van der Waals surface area contributed by atoms with Crippen LogP contribution in [0.5, 0.6) is 0 Å². The molecular formula is C14H20BrNO2S. The van der Waals surface area contributed by atoms with Crippen LogP contribution in [0.4, 0.5) is 0 Å². The second kappa shape index (κ2) is 5.94. The molecule has 106 valence electrons. The van der Waals surface area contributed by atoms with Crippen LogP contribution in [0.25, 0.3) is 0 Å². The molecule has 0 unspecified atom stereocenters. The summed E-state index contributed by atoms with van der Waals surface area (Å²) in [4.78, 5) is 0.424. The molecule has 1 aliphatic rings. The van der Waals surface area contributed by atoms with Crippen molar-refractivity contribution < 1.29 is 8.42 Å². The fourth-order valence-electron chi connectivity index (χ4n) is 2.33. The van der Waals surface area contributed by atoms with E-state index in [-0.39, 0.29) is 0 Å². The first-order valence-electron chi connectivity index (χ1n) is 6.58. The van der Waals surface area contributed by atoms with E-state index in [2.05, 4.69) is 15.9 Å². The van der Waals surface area contributed by atoms with E-state index in [0.29, 0.717) is 23.9 Å². The molecule has 0 bridgehead atoms. The Bertz CT molecular complexity index is 549. The van der Waals surface area contributed by atoms with Gasteiger partial charge in [-0.1, -0.05) is 22.0 Å². The maximum absolute atomic E-state index is 12.6. The third-order valence-electron chi connectivity index (χ3n) is 3.91. The normalized spacial score (nSPS) is 18.7. The maximum Gasteiger partial charge on any atom is 0.243 e. The van der Waals surface area contributed by atoms with Gasteiger partial charge in [0.2, 0.25) is 10.0 Å². The minimum absolute atomic E-state index is 0.424. The largest absolute Gasteiger partial charge is 0.243 e. The maximum atomic E-state index is 12.6. The smallest absolute Gasteiger partial charge is 0.207 e. The number of piperidine rings is 1. The highest BCUT2D eigenvalue weighted by molar-refractivity contribution is 9.09. The number of aryl methyl sites for hydroxylation is 2. The summed E-state index contributed by atoms with van der Waals surface area (Å²) in [5.41, 5.74) is 2.15. The standard InChI is InChI=1S/C14H20BrNO2S/c1-11-3-4-14(9-12(11)2)19(17,18)16-7-5-13(10-15)6-8-16/h3-4,9,13H,5-8,10H2,1-2H3. The Morgan fingerprint density at radius 3 is 2.37 bits per heavy atom. The second-order valence-corrected chi connectivity index (χ2v) is 7.83. The van der Waals surface area contributed by atoms with Crippen LogP contribution in [0.1, 0.15) is 24.0 Å². The van der Waals surface area contributed by atoms with Crippen molar-refractivity contribution >= 4 is 26.0 Å². The van der Waals surface area contributed by atoms with Crippen molar-refractivity contribution in [1.82, 2.24) is 4.31 Å². The van der Waals surface area contributed by atoms with Gasteiger partial charge in [-0.2, -0.15) is 4.31 Å². The molecule has 1 heterocycles. The molecule has 0 spiro atoms. The number of alkyl halides is 1. The van der Waals surface area contributed by atoms with Gasteiger partial charge in [0.15, 0.2) is 0 Å². The fraction of sp³-hybridized carbons (Fsp3) is 0.571. The van der Waals surface area contributed by atoms with Crippen molar-refractivity contribution in [2.45, 2.75) is 31.6 Å². The lowest BCUT2D eigenvalue weighted by Crippen LogP contribution is -2.38. The highest BCUT2D eigenvalue weighted by Gasteiger charge is 2.29. The Kier molecular flexibility index (Phi) is 4.69. The van der Waals surface area contributed by atoms with Crippen LogP contribution in [0.15, 0.2) is 23.1 Å². The first kappa shape index (κ1) is 15.0. The summed E-state index contributed by atoms with van der Waals surface area (Å²) in [5.74, 6) is 0.603. The van der Waals surface area contributed by atoms with Gasteiger partial charge in [0.25, 0.3) is 0 Å². The Morgan fingerprint density at radius 2 is 1.84 bits per heavy atom. The lowest BCUT2D eigenvalue weighted by molar-refractivity contribution is 0.292. The van der Waals surface area contributed by atoms with Crippen molar-refractivity contribution in [2.75, 3.05) is 18.4 Å². The fourth-order valence-corrected chi connectivity index (χ4v) is 4.53. The Labute approximate surface area is 124 Å². The zero-order chi connectivity index (χ0) is 14.0. The van der Waals surface area contributed by atoms with Gasteiger partial charge < -0.3 is 0 Å². The van der Waals surface area contributed by atoms with Crippen LogP contribution >= 0.6 is 15.9 Å². The van der Waals surface area contributed by atoms with Crippen molar-refractivity contribution in [2.24, 2.45) is 5.92 Å². The summed E-state index contributed by atoms with van der Waals surface area (Å²) in [6, 6.07) is 5.38. The summed E-state index contributed by atoms with van der Waals surface area (Å²) >= 11 is 3.48. The quantitative estimate of drug-likeness (QED) is 0.789. The van der Waals surface area contributed by atoms with E-state index in [0.717, 1.165) is 29.3 Å². The van der Waals surface area contributed by atoms with E-state index in [9.17, 15) is 8.42 Å². The average Bonchev–Trinajstić information content (AvgIpc) is 2.41. The third kappa shape index (κ3) is 3.20. The highest BCUT2D eigenvalue weighted by atomic mass is 79.9. The minimum atomic E-state index is -3.31. The SMILES string of the molecule is Cc1ccc(S(=O)(=O)N2CCC(CBr)CC2)cc1C. The van der Waals surface area contributed by atoms with Gasteiger partial charge in [-0.3, -0.25) is 0 Å². The summed E-state index contributed by atoms with van der Waals surface area (Å²) in [7, 11) is -3.31. The monoisotopic (exact) mass is 345 g/mol. The number of hydrogen-bond acceptors (Lipinski definition) is 2. The van der Waals surface area contributed by atoms with Crippen LogP contribution < -0.4 is 0 Å². The summed E-state index contributed by atoms with van der Waals surface area (Å²) in [6.45, 7) is 5.20. The molecule has 1 saturated heterocycles. The first-order valence-corrected chi connectivity index (χ1v) is 9.14. The number of nitrogens with zero attached hydrogens (tertiary/aromatic N) is 1. The number of rotatable bonds is 3. The van der Waals surface area contributed by atoms with E-state index in [1.165, 1.54) is 0 Å². The molecule has 0 radical (unpaired) electrons. The van der Waals surface area contributed by atoms with Crippen LogP contribution in [-0.2, 0) is 10.0 Å². The molecule has 0 N–H and O–H groups in total. The summed E-state index contributed by atoms with van der Waals surface area (Å²) in [5, 5.41) is 0.963. The molecule has 0 atom stereocenters. The van der Waals surface area contributed by atoms with E-state index >= 15 is 0 Å². The Hall–Kier alpha value is -0.390. The first-order chi connectivity index (χ1) is 8.95. The van der Waals surface area contributed by atoms with Crippen LogP contribution in [0.3, 0.4) is 0 Å². The Balaban J connectivity index is 2.21. The molecular weight excluding hydrogens is 326 g/mol. The molecule has 2 rings (SSSR count). The number of benzene rings is 1. The predicted octanol–water partition coefficient (Wildman–Crippen LogP) is 3.10. The van der Waals surface area contributed by atoms with Gasteiger partial charge in [-0.15, -0.1) is 0 Å². The van der Waals surface area contributed by atoms with Crippen molar-refractivity contribution in [3.8, 4) is 0 Å². The predicted molar refractivity (Wildman–Crippen MR) is 81.2 cm³/mol. The number of halogens is 1. The van der Waals surface area contributed by atoms with Crippen molar-refractivity contribution in [3.63, 3.8) is 0 Å². The van der Waals surface area contributed by atoms with Crippen LogP contribution in [-0.4, -0.2) is 31.1 Å². The van der Waals surface area contributed by atoms with Gasteiger partial charge in [-0.25, -0.2) is 8.42 Å². The van der Waals surface area contributed by atoms with Crippen molar-refractivity contribution in [3.05, 3.63) is 29.3 Å². The molecule has 0 amide bonds. The summed E-state index contributed by atoms with van der Waals surface area (Å²) < 4.78 is 26.7. The third-order valence-corrected chi connectivity index (χ3v) is 6.72. The number of sulfonamides is 1. The van der Waals surface area contributed by atoms with E-state index < -0.39 is 10.0 Å². The minimum Gasteiger partial charge on any atom is -0.207 e. The molecule has 1 aromatic carbocycles. The zero-order valence-corrected chi connectivity index (χ0v) is 13.8. The Morgan fingerprint density at radius 1 is 1.21 bits per heavy atom. The van der Waals surface area contributed by atoms with E-state index in [1.807, 2.05) is 19.9 Å². The van der Waals surface area contributed by atoms with E-state index in [4.69, 9.17) is 0 Å². The average molecular weight is 346 g/mol.